The molecule has 7 heteroatoms. The lowest BCUT2D eigenvalue weighted by Gasteiger charge is -2.07. The molecule has 0 radical (unpaired) electrons. The largest absolute Gasteiger partial charge is 0.343 e. The minimum atomic E-state index is -0.859. The van der Waals surface area contributed by atoms with Crippen molar-refractivity contribution in [1.29, 1.82) is 5.41 Å². The average molecular weight is 313 g/mol. The van der Waals surface area contributed by atoms with Crippen LogP contribution in [-0.4, -0.2) is 10.4 Å². The Hall–Kier alpha value is -3.09. The first-order valence-electron chi connectivity index (χ1n) is 6.81. The van der Waals surface area contributed by atoms with Crippen molar-refractivity contribution in [3.63, 3.8) is 0 Å². The summed E-state index contributed by atoms with van der Waals surface area (Å²) in [5, 5.41) is 15.2. The van der Waals surface area contributed by atoms with Gasteiger partial charge >= 0.3 is 0 Å². The second-order valence-corrected chi connectivity index (χ2v) is 5.03. The predicted octanol–water partition coefficient (Wildman–Crippen LogP) is 3.62. The molecule has 3 aromatic rings. The van der Waals surface area contributed by atoms with Gasteiger partial charge in [0.25, 0.3) is 0 Å². The smallest absolute Gasteiger partial charge is 0.176 e. The Morgan fingerprint density at radius 2 is 1.91 bits per heavy atom. The minimum absolute atomic E-state index is 0.0252. The number of aromatic nitrogens is 1. The number of benzene rings is 2. The Bertz CT molecular complexity index is 914. The monoisotopic (exact) mass is 313 g/mol. The van der Waals surface area contributed by atoms with Crippen LogP contribution in [0, 0.1) is 17.0 Å². The fraction of sp³-hybridized carbons (Fsp3) is 0.0625. The first kappa shape index (κ1) is 14.8. The van der Waals surface area contributed by atoms with Gasteiger partial charge in [-0.3, -0.25) is 5.41 Å². The highest BCUT2D eigenvalue weighted by Crippen LogP contribution is 2.20. The number of nitrogens with one attached hydrogen (secondary N) is 1. The van der Waals surface area contributed by atoms with E-state index in [9.17, 15) is 8.78 Å². The molecule has 0 saturated carbocycles. The molecule has 0 bridgehead atoms. The Morgan fingerprint density at radius 3 is 2.65 bits per heavy atom. The highest BCUT2D eigenvalue weighted by molar-refractivity contribution is 6.00. The Kier molecular flexibility index (Phi) is 3.84. The van der Waals surface area contributed by atoms with Gasteiger partial charge in [-0.05, 0) is 42.0 Å². The zero-order chi connectivity index (χ0) is 16.4. The lowest BCUT2D eigenvalue weighted by molar-refractivity contribution is 0.506. The SMILES string of the molecule is N=C(N=NN)c1ccc2c(ccn2Cc2ccc(F)c(F)c2)c1. The number of hydrogen-bond donors (Lipinski definition) is 2. The number of amidine groups is 1. The van der Waals surface area contributed by atoms with E-state index in [1.54, 1.807) is 18.2 Å². The lowest BCUT2D eigenvalue weighted by Crippen LogP contribution is -2.00. The van der Waals surface area contributed by atoms with Crippen LogP contribution >= 0.6 is 0 Å². The van der Waals surface area contributed by atoms with E-state index in [0.717, 1.165) is 17.0 Å². The van der Waals surface area contributed by atoms with E-state index in [0.29, 0.717) is 17.7 Å². The standard InChI is InChI=1S/C16H13F2N5/c17-13-3-1-10(7-14(13)18)9-23-6-5-11-8-12(2-4-15(11)23)16(19)21-22-20/h1-8H,9H2,(H3,19,20,21). The van der Waals surface area contributed by atoms with Gasteiger partial charge in [-0.25, -0.2) is 8.78 Å². The fourth-order valence-electron chi connectivity index (χ4n) is 2.44. The number of nitrogens with two attached hydrogens (primary N) is 1. The molecule has 0 unspecified atom stereocenters. The third kappa shape index (κ3) is 2.94. The summed E-state index contributed by atoms with van der Waals surface area (Å²) in [5.74, 6) is 3.21. The van der Waals surface area contributed by atoms with E-state index in [2.05, 4.69) is 10.3 Å². The zero-order valence-electron chi connectivity index (χ0n) is 12.0. The van der Waals surface area contributed by atoms with Crippen molar-refractivity contribution in [2.45, 2.75) is 6.54 Å². The Labute approximate surface area is 130 Å². The van der Waals surface area contributed by atoms with Crippen molar-refractivity contribution in [3.05, 3.63) is 71.4 Å². The maximum absolute atomic E-state index is 13.3. The molecule has 0 atom stereocenters. The van der Waals surface area contributed by atoms with Crippen LogP contribution in [-0.2, 0) is 6.54 Å². The number of rotatable bonds is 3. The molecule has 1 aromatic heterocycles. The van der Waals surface area contributed by atoms with Crippen LogP contribution in [0.1, 0.15) is 11.1 Å². The number of halogens is 2. The van der Waals surface area contributed by atoms with Crippen molar-refractivity contribution in [2.24, 2.45) is 16.2 Å². The summed E-state index contributed by atoms with van der Waals surface area (Å²) >= 11 is 0. The molecule has 23 heavy (non-hydrogen) atoms. The van der Waals surface area contributed by atoms with Crippen LogP contribution in [0.5, 0.6) is 0 Å². The van der Waals surface area contributed by atoms with Crippen molar-refractivity contribution in [1.82, 2.24) is 4.57 Å². The van der Waals surface area contributed by atoms with Crippen LogP contribution in [0.4, 0.5) is 8.78 Å². The van der Waals surface area contributed by atoms with Crippen LogP contribution in [0.3, 0.4) is 0 Å². The van der Waals surface area contributed by atoms with Gasteiger partial charge in [-0.1, -0.05) is 11.3 Å². The molecule has 3 rings (SSSR count). The summed E-state index contributed by atoms with van der Waals surface area (Å²) in [7, 11) is 0. The second kappa shape index (κ2) is 5.96. The lowest BCUT2D eigenvalue weighted by atomic mass is 10.1. The maximum atomic E-state index is 13.3. The van der Waals surface area contributed by atoms with E-state index in [4.69, 9.17) is 11.3 Å². The molecular formula is C16H13F2N5. The summed E-state index contributed by atoms with van der Waals surface area (Å²) in [6, 6.07) is 11.1. The van der Waals surface area contributed by atoms with Gasteiger partial charge < -0.3 is 10.4 Å². The summed E-state index contributed by atoms with van der Waals surface area (Å²) in [5.41, 5.74) is 2.17. The number of nitrogens with zero attached hydrogens (tertiary/aromatic N) is 3. The van der Waals surface area contributed by atoms with E-state index in [1.807, 2.05) is 22.9 Å². The molecule has 0 aliphatic rings. The van der Waals surface area contributed by atoms with Gasteiger partial charge in [0, 0.05) is 29.2 Å². The normalized spacial score (nSPS) is 11.4. The molecule has 3 N–H and O–H groups in total. The highest BCUT2D eigenvalue weighted by Gasteiger charge is 2.07. The van der Waals surface area contributed by atoms with Gasteiger partial charge in [-0.2, -0.15) is 0 Å². The van der Waals surface area contributed by atoms with Crippen molar-refractivity contribution >= 4 is 16.7 Å². The van der Waals surface area contributed by atoms with Gasteiger partial charge in [0.05, 0.1) is 0 Å². The quantitative estimate of drug-likeness (QED) is 0.250. The van der Waals surface area contributed by atoms with Crippen LogP contribution in [0.25, 0.3) is 10.9 Å². The Balaban J connectivity index is 1.93. The summed E-state index contributed by atoms with van der Waals surface area (Å²) < 4.78 is 28.2. The molecule has 2 aromatic carbocycles. The second-order valence-electron chi connectivity index (χ2n) is 5.03. The molecule has 0 spiro atoms. The minimum Gasteiger partial charge on any atom is -0.343 e. The molecule has 116 valence electrons. The van der Waals surface area contributed by atoms with Crippen LogP contribution in [0.15, 0.2) is 59.0 Å². The fourth-order valence-corrected chi connectivity index (χ4v) is 2.44. The van der Waals surface area contributed by atoms with Crippen LogP contribution in [0.2, 0.25) is 0 Å². The molecule has 0 aliphatic carbocycles. The third-order valence-electron chi connectivity index (χ3n) is 3.54. The first-order chi connectivity index (χ1) is 11.1. The van der Waals surface area contributed by atoms with E-state index < -0.39 is 11.6 Å². The van der Waals surface area contributed by atoms with Gasteiger partial charge in [0.1, 0.15) is 0 Å². The van der Waals surface area contributed by atoms with E-state index in [-0.39, 0.29) is 5.84 Å². The van der Waals surface area contributed by atoms with Gasteiger partial charge in [0.2, 0.25) is 0 Å². The van der Waals surface area contributed by atoms with Crippen LogP contribution < -0.4 is 5.84 Å². The average Bonchev–Trinajstić information content (AvgIpc) is 2.93. The molecular weight excluding hydrogens is 300 g/mol. The first-order valence-corrected chi connectivity index (χ1v) is 6.81. The Morgan fingerprint density at radius 1 is 1.09 bits per heavy atom. The van der Waals surface area contributed by atoms with Crippen molar-refractivity contribution in [3.8, 4) is 0 Å². The highest BCUT2D eigenvalue weighted by atomic mass is 19.2. The third-order valence-corrected chi connectivity index (χ3v) is 3.54. The predicted molar refractivity (Wildman–Crippen MR) is 83.3 cm³/mol. The maximum Gasteiger partial charge on any atom is 0.176 e. The number of fused-ring (bicyclic) bond motifs is 1. The van der Waals surface area contributed by atoms with Crippen molar-refractivity contribution in [2.75, 3.05) is 0 Å². The molecule has 5 nitrogen and oxygen atoms in total. The topological polar surface area (TPSA) is 79.5 Å². The van der Waals surface area contributed by atoms with Gasteiger partial charge in [-0.15, -0.1) is 5.11 Å². The molecule has 0 aliphatic heterocycles. The molecule has 0 amide bonds. The molecule has 1 heterocycles. The summed E-state index contributed by atoms with van der Waals surface area (Å²) in [6.45, 7) is 0.417. The summed E-state index contributed by atoms with van der Waals surface area (Å²) in [6.07, 6.45) is 1.85. The zero-order valence-corrected chi connectivity index (χ0v) is 12.0. The summed E-state index contributed by atoms with van der Waals surface area (Å²) in [4.78, 5) is 0. The molecule has 0 saturated heterocycles. The van der Waals surface area contributed by atoms with E-state index >= 15 is 0 Å². The number of hydrogen-bond acceptors (Lipinski definition) is 2. The van der Waals surface area contributed by atoms with Crippen molar-refractivity contribution < 1.29 is 8.78 Å². The molecule has 0 fully saturated rings. The van der Waals surface area contributed by atoms with Gasteiger partial charge in [0.15, 0.2) is 17.5 Å². The van der Waals surface area contributed by atoms with E-state index in [1.165, 1.54) is 6.07 Å².